The van der Waals surface area contributed by atoms with Crippen LogP contribution in [0.1, 0.15) is 26.7 Å². The molecule has 1 aliphatic heterocycles. The van der Waals surface area contributed by atoms with Gasteiger partial charge in [0.2, 0.25) is 0 Å². The van der Waals surface area contributed by atoms with Gasteiger partial charge in [-0.1, -0.05) is 13.8 Å². The molecule has 0 atom stereocenters. The Bertz CT molecular complexity index is 179. The first kappa shape index (κ1) is 13.9. The van der Waals surface area contributed by atoms with E-state index in [0.717, 1.165) is 39.2 Å². The molecule has 0 aromatic heterocycles. The van der Waals surface area contributed by atoms with Crippen LogP contribution < -0.4 is 5.32 Å². The van der Waals surface area contributed by atoms with Gasteiger partial charge in [-0.05, 0) is 18.8 Å². The molecular weight excluding hydrogens is 206 g/mol. The van der Waals surface area contributed by atoms with Gasteiger partial charge in [-0.15, -0.1) is 0 Å². The second kappa shape index (κ2) is 7.22. The van der Waals surface area contributed by atoms with Crippen LogP contribution >= 0.6 is 0 Å². The number of aliphatic hydroxyl groups is 1. The fourth-order valence-electron chi connectivity index (χ4n) is 1.86. The summed E-state index contributed by atoms with van der Waals surface area (Å²) in [5, 5.41) is 12.8. The van der Waals surface area contributed by atoms with Gasteiger partial charge < -0.3 is 19.9 Å². The minimum atomic E-state index is -0.139. The maximum Gasteiger partial charge on any atom is 0.0615 e. The molecule has 2 N–H and O–H groups in total. The molecule has 0 bridgehead atoms. The minimum absolute atomic E-state index is 0.139. The van der Waals surface area contributed by atoms with Crippen molar-refractivity contribution in [1.82, 2.24) is 5.32 Å². The summed E-state index contributed by atoms with van der Waals surface area (Å²) in [7, 11) is 0. The van der Waals surface area contributed by atoms with Crippen molar-refractivity contribution in [3.8, 4) is 0 Å². The lowest BCUT2D eigenvalue weighted by molar-refractivity contribution is 0.00723. The number of ether oxygens (including phenoxy) is 2. The van der Waals surface area contributed by atoms with E-state index in [9.17, 15) is 5.11 Å². The van der Waals surface area contributed by atoms with Crippen LogP contribution in [0.25, 0.3) is 0 Å². The third kappa shape index (κ3) is 4.78. The molecule has 1 saturated heterocycles. The number of aliphatic hydroxyl groups excluding tert-OH is 1. The summed E-state index contributed by atoms with van der Waals surface area (Å²) in [6.07, 6.45) is 1.77. The molecule has 0 amide bonds. The smallest absolute Gasteiger partial charge is 0.0615 e. The van der Waals surface area contributed by atoms with Crippen LogP contribution in [0, 0.1) is 5.92 Å². The van der Waals surface area contributed by atoms with Gasteiger partial charge in [0, 0.05) is 31.9 Å². The topological polar surface area (TPSA) is 50.7 Å². The Hall–Kier alpha value is -0.160. The molecule has 4 nitrogen and oxygen atoms in total. The van der Waals surface area contributed by atoms with E-state index in [0.29, 0.717) is 12.5 Å². The average Bonchev–Trinajstić information content (AvgIpc) is 2.29. The highest BCUT2D eigenvalue weighted by Gasteiger charge is 2.30. The summed E-state index contributed by atoms with van der Waals surface area (Å²) >= 11 is 0. The highest BCUT2D eigenvalue weighted by molar-refractivity contribution is 4.89. The molecule has 1 fully saturated rings. The van der Waals surface area contributed by atoms with Crippen LogP contribution in [0.15, 0.2) is 0 Å². The Kier molecular flexibility index (Phi) is 6.28. The molecule has 0 spiro atoms. The molecule has 0 radical (unpaired) electrons. The van der Waals surface area contributed by atoms with Crippen LogP contribution in [0.2, 0.25) is 0 Å². The van der Waals surface area contributed by atoms with Gasteiger partial charge in [0.05, 0.1) is 13.2 Å². The summed E-state index contributed by atoms with van der Waals surface area (Å²) < 4.78 is 10.8. The quantitative estimate of drug-likeness (QED) is 0.636. The van der Waals surface area contributed by atoms with Gasteiger partial charge in [-0.3, -0.25) is 0 Å². The third-order valence-corrected chi connectivity index (χ3v) is 2.95. The van der Waals surface area contributed by atoms with Crippen LogP contribution in [-0.2, 0) is 9.47 Å². The van der Waals surface area contributed by atoms with E-state index in [1.54, 1.807) is 0 Å². The summed E-state index contributed by atoms with van der Waals surface area (Å²) in [5.74, 6) is 0.579. The third-order valence-electron chi connectivity index (χ3n) is 2.95. The summed E-state index contributed by atoms with van der Waals surface area (Å²) in [4.78, 5) is 0. The highest BCUT2D eigenvalue weighted by atomic mass is 16.5. The molecule has 4 heteroatoms. The van der Waals surface area contributed by atoms with E-state index >= 15 is 0 Å². The predicted molar refractivity (Wildman–Crippen MR) is 63.5 cm³/mol. The fraction of sp³-hybridized carbons (Fsp3) is 1.00. The fourth-order valence-corrected chi connectivity index (χ4v) is 1.86. The maximum atomic E-state index is 9.43. The highest BCUT2D eigenvalue weighted by Crippen LogP contribution is 2.19. The lowest BCUT2D eigenvalue weighted by atomic mass is 9.91. The Balaban J connectivity index is 2.13. The summed E-state index contributed by atoms with van der Waals surface area (Å²) in [5.41, 5.74) is -0.139. The molecule has 16 heavy (non-hydrogen) atoms. The van der Waals surface area contributed by atoms with Gasteiger partial charge in [0.25, 0.3) is 0 Å². The van der Waals surface area contributed by atoms with E-state index < -0.39 is 0 Å². The van der Waals surface area contributed by atoms with Crippen LogP contribution in [0.5, 0.6) is 0 Å². The molecule has 0 aliphatic carbocycles. The first-order valence-corrected chi connectivity index (χ1v) is 6.20. The maximum absolute atomic E-state index is 9.43. The summed E-state index contributed by atoms with van der Waals surface area (Å²) in [6, 6.07) is 0. The van der Waals surface area contributed by atoms with Gasteiger partial charge in [-0.2, -0.15) is 0 Å². The molecule has 0 saturated carbocycles. The van der Waals surface area contributed by atoms with E-state index in [-0.39, 0.29) is 12.1 Å². The molecule has 1 aliphatic rings. The molecule has 96 valence electrons. The lowest BCUT2D eigenvalue weighted by Crippen LogP contribution is -2.53. The summed E-state index contributed by atoms with van der Waals surface area (Å²) in [6.45, 7) is 8.24. The Morgan fingerprint density at radius 3 is 2.62 bits per heavy atom. The lowest BCUT2D eigenvalue weighted by Gasteiger charge is -2.36. The molecule has 0 unspecified atom stereocenters. The Morgan fingerprint density at radius 1 is 1.38 bits per heavy atom. The number of rotatable bonds is 7. The normalized spacial score (nSPS) is 20.2. The Labute approximate surface area is 98.3 Å². The van der Waals surface area contributed by atoms with Crippen molar-refractivity contribution >= 4 is 0 Å². The largest absolute Gasteiger partial charge is 0.394 e. The van der Waals surface area contributed by atoms with E-state index in [1.807, 2.05) is 0 Å². The first-order valence-electron chi connectivity index (χ1n) is 6.20. The zero-order valence-electron chi connectivity index (χ0n) is 10.5. The van der Waals surface area contributed by atoms with E-state index in [2.05, 4.69) is 19.2 Å². The van der Waals surface area contributed by atoms with Crippen LogP contribution in [-0.4, -0.2) is 50.2 Å². The van der Waals surface area contributed by atoms with Gasteiger partial charge in [0.1, 0.15) is 0 Å². The molecule has 1 rings (SSSR count). The van der Waals surface area contributed by atoms with Crippen LogP contribution in [0.3, 0.4) is 0 Å². The zero-order chi connectivity index (χ0) is 11.9. The minimum Gasteiger partial charge on any atom is -0.394 e. The van der Waals surface area contributed by atoms with Crippen molar-refractivity contribution in [2.45, 2.75) is 32.2 Å². The van der Waals surface area contributed by atoms with Crippen LogP contribution in [0.4, 0.5) is 0 Å². The zero-order valence-corrected chi connectivity index (χ0v) is 10.5. The van der Waals surface area contributed by atoms with Gasteiger partial charge in [0.15, 0.2) is 0 Å². The molecule has 0 aromatic rings. The predicted octanol–water partition coefficient (Wildman–Crippen LogP) is 0.790. The molecule has 0 aromatic carbocycles. The van der Waals surface area contributed by atoms with Crippen molar-refractivity contribution < 1.29 is 14.6 Å². The average molecular weight is 231 g/mol. The first-order chi connectivity index (χ1) is 7.68. The van der Waals surface area contributed by atoms with Crippen molar-refractivity contribution in [1.29, 1.82) is 0 Å². The van der Waals surface area contributed by atoms with Crippen molar-refractivity contribution in [2.75, 3.05) is 39.6 Å². The monoisotopic (exact) mass is 231 g/mol. The molecular formula is C12H25NO3. The molecule has 1 heterocycles. The van der Waals surface area contributed by atoms with Crippen molar-refractivity contribution in [3.05, 3.63) is 0 Å². The van der Waals surface area contributed by atoms with Gasteiger partial charge >= 0.3 is 0 Å². The van der Waals surface area contributed by atoms with Crippen molar-refractivity contribution in [3.63, 3.8) is 0 Å². The van der Waals surface area contributed by atoms with Crippen molar-refractivity contribution in [2.24, 2.45) is 5.92 Å². The Morgan fingerprint density at radius 2 is 2.06 bits per heavy atom. The number of nitrogens with one attached hydrogen (secondary N) is 1. The SMILES string of the molecule is CC(C)COCCNC1(CO)CCOCC1. The second-order valence-corrected chi connectivity index (χ2v) is 4.95. The standard InChI is InChI=1S/C12H25NO3/c1-11(2)9-16-8-5-13-12(10-14)3-6-15-7-4-12/h11,13-14H,3-10H2,1-2H3. The van der Waals surface area contributed by atoms with E-state index in [4.69, 9.17) is 9.47 Å². The number of hydrogen-bond donors (Lipinski definition) is 2. The number of hydrogen-bond acceptors (Lipinski definition) is 4. The van der Waals surface area contributed by atoms with E-state index in [1.165, 1.54) is 0 Å². The van der Waals surface area contributed by atoms with Gasteiger partial charge in [-0.25, -0.2) is 0 Å². The second-order valence-electron chi connectivity index (χ2n) is 4.95.